The lowest BCUT2D eigenvalue weighted by atomic mass is 10.1. The minimum Gasteiger partial charge on any atom is -0.496 e. The lowest BCUT2D eigenvalue weighted by Crippen LogP contribution is -2.25. The van der Waals surface area contributed by atoms with Crippen molar-refractivity contribution in [2.24, 2.45) is 0 Å². The maximum Gasteiger partial charge on any atom is 0.331 e. The number of hydrogen-bond acceptors (Lipinski definition) is 7. The predicted octanol–water partition coefficient (Wildman–Crippen LogP) is 2.80. The van der Waals surface area contributed by atoms with Gasteiger partial charge in [0.15, 0.2) is 18.1 Å². The third-order valence-corrected chi connectivity index (χ3v) is 4.80. The summed E-state index contributed by atoms with van der Waals surface area (Å²) >= 11 is 0. The molecule has 1 aliphatic carbocycles. The van der Waals surface area contributed by atoms with E-state index in [0.717, 1.165) is 12.8 Å². The average molecular weight is 454 g/mol. The van der Waals surface area contributed by atoms with Gasteiger partial charge in [-0.25, -0.2) is 4.79 Å². The first kappa shape index (κ1) is 23.6. The number of anilines is 1. The molecule has 1 saturated carbocycles. The van der Waals surface area contributed by atoms with Gasteiger partial charge in [0.1, 0.15) is 5.75 Å². The number of hydrogen-bond donors (Lipinski definition) is 2. The lowest BCUT2D eigenvalue weighted by Gasteiger charge is -2.12. The number of amides is 2. The largest absolute Gasteiger partial charge is 0.496 e. The Bertz CT molecular complexity index is 1060. The van der Waals surface area contributed by atoms with Gasteiger partial charge < -0.3 is 29.6 Å². The van der Waals surface area contributed by atoms with Crippen LogP contribution in [-0.2, 0) is 14.3 Å². The Morgan fingerprint density at radius 3 is 2.33 bits per heavy atom. The highest BCUT2D eigenvalue weighted by atomic mass is 16.5. The zero-order valence-corrected chi connectivity index (χ0v) is 18.7. The van der Waals surface area contributed by atoms with E-state index in [4.69, 9.17) is 18.9 Å². The second-order valence-corrected chi connectivity index (χ2v) is 7.27. The summed E-state index contributed by atoms with van der Waals surface area (Å²) in [5.74, 6) is 0.00845. The van der Waals surface area contributed by atoms with E-state index in [1.807, 2.05) is 0 Å². The Hall–Kier alpha value is -4.01. The molecule has 174 valence electrons. The summed E-state index contributed by atoms with van der Waals surface area (Å²) in [7, 11) is 4.50. The van der Waals surface area contributed by atoms with Crippen molar-refractivity contribution in [3.63, 3.8) is 0 Å². The Morgan fingerprint density at radius 1 is 0.970 bits per heavy atom. The van der Waals surface area contributed by atoms with Crippen LogP contribution in [0, 0.1) is 0 Å². The van der Waals surface area contributed by atoms with Crippen LogP contribution in [0.25, 0.3) is 6.08 Å². The molecule has 0 heterocycles. The second-order valence-electron chi connectivity index (χ2n) is 7.27. The van der Waals surface area contributed by atoms with Gasteiger partial charge in [0.25, 0.3) is 11.8 Å². The first-order valence-corrected chi connectivity index (χ1v) is 10.3. The molecule has 0 spiro atoms. The van der Waals surface area contributed by atoms with Crippen molar-refractivity contribution in [1.82, 2.24) is 5.32 Å². The molecule has 2 aromatic rings. The number of ether oxygens (including phenoxy) is 4. The summed E-state index contributed by atoms with van der Waals surface area (Å²) in [6.07, 6.45) is 4.64. The Labute approximate surface area is 191 Å². The molecular weight excluding hydrogens is 428 g/mol. The molecule has 0 aliphatic heterocycles. The van der Waals surface area contributed by atoms with Crippen molar-refractivity contribution < 1.29 is 33.3 Å². The summed E-state index contributed by atoms with van der Waals surface area (Å²) in [5, 5.41) is 5.50. The molecule has 0 unspecified atom stereocenters. The van der Waals surface area contributed by atoms with Crippen LogP contribution in [-0.4, -0.2) is 51.8 Å². The molecule has 1 aliphatic rings. The van der Waals surface area contributed by atoms with Crippen LogP contribution in [0.1, 0.15) is 28.8 Å². The third kappa shape index (κ3) is 6.73. The van der Waals surface area contributed by atoms with E-state index >= 15 is 0 Å². The van der Waals surface area contributed by atoms with Crippen LogP contribution in [0.15, 0.2) is 42.5 Å². The van der Waals surface area contributed by atoms with E-state index in [-0.39, 0.29) is 11.9 Å². The van der Waals surface area contributed by atoms with Crippen molar-refractivity contribution in [1.29, 1.82) is 0 Å². The van der Waals surface area contributed by atoms with E-state index in [1.54, 1.807) is 36.4 Å². The standard InChI is InChI=1S/C24H26N2O7/c1-30-19-13-21(32-3)20(31-2)12-15(19)7-10-23(28)33-14-22(27)25-18-6-4-5-16(11-18)24(29)26-17-8-9-17/h4-7,10-13,17H,8-9,14H2,1-3H3,(H,25,27)(H,26,29)/b10-7+. The van der Waals surface area contributed by atoms with Gasteiger partial charge in [0, 0.05) is 35.0 Å². The van der Waals surface area contributed by atoms with E-state index in [0.29, 0.717) is 34.1 Å². The molecule has 0 bridgehead atoms. The number of methoxy groups -OCH3 is 3. The fraction of sp³-hybridized carbons (Fsp3) is 0.292. The van der Waals surface area contributed by atoms with Crippen LogP contribution in [0.5, 0.6) is 17.2 Å². The molecule has 0 saturated heterocycles. The molecule has 1 fully saturated rings. The van der Waals surface area contributed by atoms with Gasteiger partial charge in [0.05, 0.1) is 21.3 Å². The fourth-order valence-electron chi connectivity index (χ4n) is 2.96. The van der Waals surface area contributed by atoms with Gasteiger partial charge >= 0.3 is 5.97 Å². The molecule has 2 N–H and O–H groups in total. The van der Waals surface area contributed by atoms with E-state index in [1.165, 1.54) is 33.5 Å². The van der Waals surface area contributed by atoms with Crippen molar-refractivity contribution >= 4 is 29.5 Å². The molecular formula is C24H26N2O7. The maximum atomic E-state index is 12.2. The summed E-state index contributed by atoms with van der Waals surface area (Å²) in [6, 6.07) is 10.1. The lowest BCUT2D eigenvalue weighted by molar-refractivity contribution is -0.142. The topological polar surface area (TPSA) is 112 Å². The molecule has 0 atom stereocenters. The summed E-state index contributed by atoms with van der Waals surface area (Å²) in [4.78, 5) is 36.3. The fourth-order valence-corrected chi connectivity index (χ4v) is 2.96. The van der Waals surface area contributed by atoms with Crippen molar-refractivity contribution in [3.05, 3.63) is 53.6 Å². The monoisotopic (exact) mass is 454 g/mol. The smallest absolute Gasteiger partial charge is 0.331 e. The van der Waals surface area contributed by atoms with Crippen LogP contribution in [0.4, 0.5) is 5.69 Å². The Morgan fingerprint density at radius 2 is 1.67 bits per heavy atom. The van der Waals surface area contributed by atoms with Crippen molar-refractivity contribution in [3.8, 4) is 17.2 Å². The van der Waals surface area contributed by atoms with Crippen LogP contribution in [0.3, 0.4) is 0 Å². The van der Waals surface area contributed by atoms with Gasteiger partial charge in [-0.2, -0.15) is 0 Å². The average Bonchev–Trinajstić information content (AvgIpc) is 3.64. The third-order valence-electron chi connectivity index (χ3n) is 4.80. The number of carbonyl (C=O) groups excluding carboxylic acids is 3. The molecule has 9 heteroatoms. The highest BCUT2D eigenvalue weighted by molar-refractivity contribution is 5.98. The zero-order valence-electron chi connectivity index (χ0n) is 18.7. The van der Waals surface area contributed by atoms with E-state index in [2.05, 4.69) is 10.6 Å². The Balaban J connectivity index is 1.54. The second kappa shape index (κ2) is 11.0. The molecule has 9 nitrogen and oxygen atoms in total. The molecule has 3 rings (SSSR count). The van der Waals surface area contributed by atoms with E-state index < -0.39 is 18.5 Å². The normalized spacial score (nSPS) is 12.7. The summed E-state index contributed by atoms with van der Waals surface area (Å²) in [5.41, 5.74) is 1.45. The number of rotatable bonds is 10. The minimum atomic E-state index is -0.709. The summed E-state index contributed by atoms with van der Waals surface area (Å²) in [6.45, 7) is -0.481. The first-order valence-electron chi connectivity index (χ1n) is 10.3. The summed E-state index contributed by atoms with van der Waals surface area (Å²) < 4.78 is 20.8. The maximum absolute atomic E-state index is 12.2. The molecule has 33 heavy (non-hydrogen) atoms. The highest BCUT2D eigenvalue weighted by Gasteiger charge is 2.23. The van der Waals surface area contributed by atoms with Gasteiger partial charge in [-0.1, -0.05) is 6.07 Å². The van der Waals surface area contributed by atoms with Crippen LogP contribution >= 0.6 is 0 Å². The van der Waals surface area contributed by atoms with Crippen LogP contribution < -0.4 is 24.8 Å². The van der Waals surface area contributed by atoms with Crippen LogP contribution in [0.2, 0.25) is 0 Å². The van der Waals surface area contributed by atoms with Crippen molar-refractivity contribution in [2.75, 3.05) is 33.3 Å². The van der Waals surface area contributed by atoms with Gasteiger partial charge in [-0.3, -0.25) is 9.59 Å². The molecule has 0 aromatic heterocycles. The zero-order chi connectivity index (χ0) is 23.8. The molecule has 2 aromatic carbocycles. The SMILES string of the molecule is COc1cc(OC)c(OC)cc1/C=C/C(=O)OCC(=O)Nc1cccc(C(=O)NC2CC2)c1. The van der Waals surface area contributed by atoms with Gasteiger partial charge in [-0.05, 0) is 43.2 Å². The number of nitrogens with one attached hydrogen (secondary N) is 2. The van der Waals surface area contributed by atoms with E-state index in [9.17, 15) is 14.4 Å². The Kier molecular flexibility index (Phi) is 7.91. The predicted molar refractivity (Wildman–Crippen MR) is 122 cm³/mol. The first-order chi connectivity index (χ1) is 15.9. The van der Waals surface area contributed by atoms with Gasteiger partial charge in [-0.15, -0.1) is 0 Å². The number of benzene rings is 2. The molecule has 2 amide bonds. The highest BCUT2D eigenvalue weighted by Crippen LogP contribution is 2.35. The quantitative estimate of drug-likeness (QED) is 0.419. The van der Waals surface area contributed by atoms with Gasteiger partial charge in [0.2, 0.25) is 0 Å². The minimum absolute atomic E-state index is 0.184. The molecule has 0 radical (unpaired) electrons. The number of carbonyl (C=O) groups is 3. The number of esters is 1. The van der Waals surface area contributed by atoms with Crippen molar-refractivity contribution in [2.45, 2.75) is 18.9 Å².